The van der Waals surface area contributed by atoms with E-state index < -0.39 is 18.1 Å². The molecule has 0 fully saturated rings. The lowest BCUT2D eigenvalue weighted by Crippen LogP contribution is -2.59. The Morgan fingerprint density at radius 1 is 0.977 bits per heavy atom. The van der Waals surface area contributed by atoms with Gasteiger partial charge in [0.1, 0.15) is 17.8 Å². The van der Waals surface area contributed by atoms with Crippen LogP contribution >= 0.6 is 0 Å². The van der Waals surface area contributed by atoms with Gasteiger partial charge in [0.2, 0.25) is 17.7 Å². The summed E-state index contributed by atoms with van der Waals surface area (Å²) in [4.78, 5) is 42.6. The molecule has 43 heavy (non-hydrogen) atoms. The third-order valence-corrected chi connectivity index (χ3v) is 8.15. The Kier molecular flexibility index (Phi) is 10.9. The molecule has 0 bridgehead atoms. The summed E-state index contributed by atoms with van der Waals surface area (Å²) in [6, 6.07) is 18.1. The number of nitrogens with two attached hydrogens (primary N) is 2. The maximum absolute atomic E-state index is 13.9. The number of nitrogens with zero attached hydrogens (tertiary/aromatic N) is 1. The van der Waals surface area contributed by atoms with E-state index in [2.05, 4.69) is 10.6 Å². The molecule has 3 atom stereocenters. The maximum atomic E-state index is 13.9. The van der Waals surface area contributed by atoms with Crippen molar-refractivity contribution in [2.45, 2.75) is 77.2 Å². The van der Waals surface area contributed by atoms with Crippen molar-refractivity contribution < 1.29 is 19.5 Å². The maximum Gasteiger partial charge on any atom is 0.243 e. The standard InChI is InChI=1S/C34H43N5O4/c1-22-16-27(40)17-23(2)28(22)19-29(36)34(43)39-21-26-13-7-6-12-25(26)18-31(39)33(42)38-30(14-8-9-15-35)32(41)37-20-24-10-4-3-5-11-24/h3-7,10-13,16-17,29-31,40H,8-9,14-15,18-21,35-36H2,1-2H3,(H,37,41)(H,38,42)/t29-,30-,31-/m0/s1. The summed E-state index contributed by atoms with van der Waals surface area (Å²) in [6.45, 7) is 4.83. The van der Waals surface area contributed by atoms with E-state index >= 15 is 0 Å². The first-order chi connectivity index (χ1) is 20.7. The van der Waals surface area contributed by atoms with Gasteiger partial charge in [0, 0.05) is 19.5 Å². The van der Waals surface area contributed by atoms with Crippen molar-refractivity contribution in [1.82, 2.24) is 15.5 Å². The van der Waals surface area contributed by atoms with Gasteiger partial charge in [-0.3, -0.25) is 14.4 Å². The van der Waals surface area contributed by atoms with Gasteiger partial charge in [-0.15, -0.1) is 0 Å². The molecule has 228 valence electrons. The van der Waals surface area contributed by atoms with Crippen LogP contribution in [0.15, 0.2) is 66.7 Å². The molecule has 0 spiro atoms. The fourth-order valence-corrected chi connectivity index (χ4v) is 5.74. The minimum Gasteiger partial charge on any atom is -0.508 e. The Morgan fingerprint density at radius 3 is 2.30 bits per heavy atom. The Bertz CT molecular complexity index is 1400. The number of phenolic OH excluding ortho intramolecular Hbond substituents is 1. The molecular formula is C34H43N5O4. The normalized spacial score (nSPS) is 15.7. The van der Waals surface area contributed by atoms with E-state index in [1.54, 1.807) is 17.0 Å². The van der Waals surface area contributed by atoms with Crippen LogP contribution in [0, 0.1) is 13.8 Å². The van der Waals surface area contributed by atoms with Crippen molar-refractivity contribution in [2.75, 3.05) is 6.54 Å². The molecule has 0 unspecified atom stereocenters. The predicted molar refractivity (Wildman–Crippen MR) is 167 cm³/mol. The molecule has 0 aromatic heterocycles. The van der Waals surface area contributed by atoms with Gasteiger partial charge in [0.15, 0.2) is 0 Å². The summed E-state index contributed by atoms with van der Waals surface area (Å²) in [6.07, 6.45) is 2.42. The van der Waals surface area contributed by atoms with Crippen molar-refractivity contribution in [2.24, 2.45) is 11.5 Å². The van der Waals surface area contributed by atoms with Crippen LogP contribution in [0.5, 0.6) is 5.75 Å². The van der Waals surface area contributed by atoms with Crippen molar-refractivity contribution in [3.63, 3.8) is 0 Å². The van der Waals surface area contributed by atoms with Crippen LogP contribution in [0.25, 0.3) is 0 Å². The zero-order chi connectivity index (χ0) is 30.9. The zero-order valence-corrected chi connectivity index (χ0v) is 25.0. The predicted octanol–water partition coefficient (Wildman–Crippen LogP) is 2.76. The lowest BCUT2D eigenvalue weighted by molar-refractivity contribution is -0.143. The smallest absolute Gasteiger partial charge is 0.243 e. The highest BCUT2D eigenvalue weighted by Gasteiger charge is 2.38. The molecule has 3 amide bonds. The van der Waals surface area contributed by atoms with E-state index in [-0.39, 0.29) is 36.4 Å². The van der Waals surface area contributed by atoms with Crippen molar-refractivity contribution in [1.29, 1.82) is 0 Å². The largest absolute Gasteiger partial charge is 0.508 e. The summed E-state index contributed by atoms with van der Waals surface area (Å²) in [5.41, 5.74) is 17.7. The number of unbranched alkanes of at least 4 members (excludes halogenated alkanes) is 1. The number of aryl methyl sites for hydroxylation is 2. The van der Waals surface area contributed by atoms with Crippen LogP contribution in [0.4, 0.5) is 0 Å². The van der Waals surface area contributed by atoms with Crippen LogP contribution in [0.3, 0.4) is 0 Å². The summed E-state index contributed by atoms with van der Waals surface area (Å²) >= 11 is 0. The van der Waals surface area contributed by atoms with Crippen LogP contribution in [0.2, 0.25) is 0 Å². The fraction of sp³-hybridized carbons (Fsp3) is 0.382. The number of hydrogen-bond donors (Lipinski definition) is 5. The molecule has 3 aromatic rings. The summed E-state index contributed by atoms with van der Waals surface area (Å²) in [5, 5.41) is 15.8. The van der Waals surface area contributed by atoms with Crippen molar-refractivity contribution >= 4 is 17.7 Å². The first-order valence-corrected chi connectivity index (χ1v) is 14.9. The second-order valence-corrected chi connectivity index (χ2v) is 11.4. The van der Waals surface area contributed by atoms with Crippen LogP contribution in [-0.2, 0) is 40.3 Å². The number of benzene rings is 3. The average Bonchev–Trinajstić information content (AvgIpc) is 3.00. The first kappa shape index (κ1) is 31.7. The SMILES string of the molecule is Cc1cc(O)cc(C)c1C[C@H](N)C(=O)N1Cc2ccccc2C[C@H]1C(=O)N[C@@H](CCCCN)C(=O)NCc1ccccc1. The number of phenols is 1. The monoisotopic (exact) mass is 585 g/mol. The number of carbonyl (C=O) groups is 3. The molecule has 0 saturated heterocycles. The van der Waals surface area contributed by atoms with Crippen molar-refractivity contribution in [3.8, 4) is 5.75 Å². The molecular weight excluding hydrogens is 542 g/mol. The number of carbonyl (C=O) groups excluding carboxylic acids is 3. The van der Waals surface area contributed by atoms with Crippen molar-refractivity contribution in [3.05, 3.63) is 100 Å². The number of fused-ring (bicyclic) bond motifs is 1. The van der Waals surface area contributed by atoms with Crippen LogP contribution < -0.4 is 22.1 Å². The average molecular weight is 586 g/mol. The second kappa shape index (κ2) is 14.8. The molecule has 1 aliphatic heterocycles. The number of amides is 3. The van der Waals surface area contributed by atoms with E-state index in [4.69, 9.17) is 11.5 Å². The number of rotatable bonds is 12. The molecule has 7 N–H and O–H groups in total. The van der Waals surface area contributed by atoms with E-state index in [0.29, 0.717) is 32.4 Å². The molecule has 9 nitrogen and oxygen atoms in total. The van der Waals surface area contributed by atoms with E-state index in [9.17, 15) is 19.5 Å². The second-order valence-electron chi connectivity index (χ2n) is 11.4. The fourth-order valence-electron chi connectivity index (χ4n) is 5.74. The van der Waals surface area contributed by atoms with E-state index in [0.717, 1.165) is 39.8 Å². The van der Waals surface area contributed by atoms with Gasteiger partial charge in [-0.1, -0.05) is 54.6 Å². The van der Waals surface area contributed by atoms with Gasteiger partial charge in [-0.2, -0.15) is 0 Å². The van der Waals surface area contributed by atoms with Crippen LogP contribution in [0.1, 0.15) is 52.6 Å². The lowest BCUT2D eigenvalue weighted by Gasteiger charge is -2.38. The highest BCUT2D eigenvalue weighted by atomic mass is 16.3. The highest BCUT2D eigenvalue weighted by molar-refractivity contribution is 5.93. The minimum atomic E-state index is -0.892. The minimum absolute atomic E-state index is 0.164. The number of hydrogen-bond acceptors (Lipinski definition) is 6. The molecule has 9 heteroatoms. The lowest BCUT2D eigenvalue weighted by atomic mass is 9.91. The third-order valence-electron chi connectivity index (χ3n) is 8.15. The molecule has 3 aromatic carbocycles. The van der Waals surface area contributed by atoms with Gasteiger partial charge in [-0.05, 0) is 91.6 Å². The van der Waals surface area contributed by atoms with Gasteiger partial charge in [0.25, 0.3) is 0 Å². The van der Waals surface area contributed by atoms with E-state index in [1.165, 1.54) is 0 Å². The third kappa shape index (κ3) is 8.21. The summed E-state index contributed by atoms with van der Waals surface area (Å²) in [5.74, 6) is -0.843. The Hall–Kier alpha value is -4.21. The van der Waals surface area contributed by atoms with Crippen LogP contribution in [-0.4, -0.2) is 52.4 Å². The summed E-state index contributed by atoms with van der Waals surface area (Å²) in [7, 11) is 0. The van der Waals surface area contributed by atoms with Gasteiger partial charge >= 0.3 is 0 Å². The number of nitrogens with one attached hydrogen (secondary N) is 2. The topological polar surface area (TPSA) is 151 Å². The first-order valence-electron chi connectivity index (χ1n) is 14.9. The van der Waals surface area contributed by atoms with Gasteiger partial charge in [0.05, 0.1) is 6.04 Å². The van der Waals surface area contributed by atoms with E-state index in [1.807, 2.05) is 68.4 Å². The Balaban J connectivity index is 1.53. The molecule has 0 saturated carbocycles. The molecule has 4 rings (SSSR count). The Labute approximate surface area is 253 Å². The van der Waals surface area contributed by atoms with Gasteiger partial charge in [-0.25, -0.2) is 0 Å². The zero-order valence-electron chi connectivity index (χ0n) is 25.0. The highest BCUT2D eigenvalue weighted by Crippen LogP contribution is 2.26. The summed E-state index contributed by atoms with van der Waals surface area (Å²) < 4.78 is 0. The molecule has 0 radical (unpaired) electrons. The molecule has 1 aliphatic rings. The Morgan fingerprint density at radius 2 is 1.63 bits per heavy atom. The van der Waals surface area contributed by atoms with Gasteiger partial charge < -0.3 is 32.1 Å². The molecule has 0 aliphatic carbocycles. The number of aromatic hydroxyl groups is 1. The molecule has 1 heterocycles. The quantitative estimate of drug-likeness (QED) is 0.206.